The second-order valence-electron chi connectivity index (χ2n) is 6.55. The summed E-state index contributed by atoms with van der Waals surface area (Å²) in [4.78, 5) is 0.333. The molecular formula is C25H17NO2S. The molecule has 140 valence electrons. The average molecular weight is 395 g/mol. The van der Waals surface area contributed by atoms with E-state index in [0.717, 1.165) is 16.7 Å². The summed E-state index contributed by atoms with van der Waals surface area (Å²) in [6.45, 7) is 0. The smallest absolute Gasteiger partial charge is 0.207 e. The SMILES string of the molecule is N#Cc1ccc(-c2ccccc2-c2ccccc2)c(S(=O)(=O)c2ccccc2)c1. The largest absolute Gasteiger partial charge is 0.218 e. The summed E-state index contributed by atoms with van der Waals surface area (Å²) in [5.41, 5.74) is 3.61. The van der Waals surface area contributed by atoms with Crippen LogP contribution in [0, 0.1) is 11.3 Å². The van der Waals surface area contributed by atoms with Gasteiger partial charge in [0.2, 0.25) is 9.84 Å². The zero-order valence-electron chi connectivity index (χ0n) is 15.5. The van der Waals surface area contributed by atoms with Gasteiger partial charge in [-0.05, 0) is 41.0 Å². The Labute approximate surface area is 170 Å². The lowest BCUT2D eigenvalue weighted by atomic mass is 9.94. The van der Waals surface area contributed by atoms with Crippen LogP contribution in [0.5, 0.6) is 0 Å². The fourth-order valence-corrected chi connectivity index (χ4v) is 4.87. The Morgan fingerprint density at radius 1 is 0.621 bits per heavy atom. The molecule has 0 atom stereocenters. The van der Waals surface area contributed by atoms with E-state index < -0.39 is 9.84 Å². The molecule has 4 aromatic rings. The van der Waals surface area contributed by atoms with Crippen molar-refractivity contribution in [3.63, 3.8) is 0 Å². The Bertz CT molecular complexity index is 1310. The molecular weight excluding hydrogens is 378 g/mol. The molecule has 0 unspecified atom stereocenters. The summed E-state index contributed by atoms with van der Waals surface area (Å²) in [6.07, 6.45) is 0. The third-order valence-corrected chi connectivity index (χ3v) is 6.57. The van der Waals surface area contributed by atoms with Crippen LogP contribution in [0.4, 0.5) is 0 Å². The van der Waals surface area contributed by atoms with E-state index >= 15 is 0 Å². The Hall–Kier alpha value is -3.68. The maximum Gasteiger partial charge on any atom is 0.207 e. The van der Waals surface area contributed by atoms with E-state index in [-0.39, 0.29) is 9.79 Å². The fraction of sp³-hybridized carbons (Fsp3) is 0. The van der Waals surface area contributed by atoms with Crippen molar-refractivity contribution >= 4 is 9.84 Å². The van der Waals surface area contributed by atoms with Gasteiger partial charge in [0.25, 0.3) is 0 Å². The first kappa shape index (κ1) is 18.7. The van der Waals surface area contributed by atoms with Gasteiger partial charge in [-0.15, -0.1) is 0 Å². The third-order valence-electron chi connectivity index (χ3n) is 4.76. The molecule has 0 aliphatic carbocycles. The number of nitrogens with zero attached hydrogens (tertiary/aromatic N) is 1. The fourth-order valence-electron chi connectivity index (χ4n) is 3.35. The maximum absolute atomic E-state index is 13.4. The molecule has 0 heterocycles. The quantitative estimate of drug-likeness (QED) is 0.444. The van der Waals surface area contributed by atoms with Gasteiger partial charge in [-0.2, -0.15) is 5.26 Å². The minimum absolute atomic E-state index is 0.131. The first-order valence-electron chi connectivity index (χ1n) is 9.10. The molecule has 0 aromatic heterocycles. The Kier molecular flexibility index (Phi) is 4.99. The molecule has 4 rings (SSSR count). The number of sulfone groups is 1. The van der Waals surface area contributed by atoms with Gasteiger partial charge < -0.3 is 0 Å². The van der Waals surface area contributed by atoms with Crippen LogP contribution < -0.4 is 0 Å². The number of nitriles is 1. The normalized spacial score (nSPS) is 11.0. The van der Waals surface area contributed by atoms with Crippen molar-refractivity contribution in [1.29, 1.82) is 5.26 Å². The van der Waals surface area contributed by atoms with Crippen LogP contribution in [0.1, 0.15) is 5.56 Å². The molecule has 0 aliphatic heterocycles. The lowest BCUT2D eigenvalue weighted by molar-refractivity contribution is 0.596. The van der Waals surface area contributed by atoms with E-state index in [1.807, 2.05) is 54.6 Å². The molecule has 0 amide bonds. The molecule has 0 N–H and O–H groups in total. The van der Waals surface area contributed by atoms with Crippen molar-refractivity contribution in [3.8, 4) is 28.3 Å². The first-order chi connectivity index (χ1) is 14.1. The van der Waals surface area contributed by atoms with Crippen molar-refractivity contribution < 1.29 is 8.42 Å². The van der Waals surface area contributed by atoms with Crippen molar-refractivity contribution in [1.82, 2.24) is 0 Å². The number of benzene rings is 4. The molecule has 0 radical (unpaired) electrons. The van der Waals surface area contributed by atoms with Crippen molar-refractivity contribution in [2.45, 2.75) is 9.79 Å². The van der Waals surface area contributed by atoms with Gasteiger partial charge in [-0.3, -0.25) is 0 Å². The van der Waals surface area contributed by atoms with Gasteiger partial charge in [0, 0.05) is 5.56 Å². The Morgan fingerprint density at radius 3 is 1.86 bits per heavy atom. The number of hydrogen-bond donors (Lipinski definition) is 0. The van der Waals surface area contributed by atoms with Gasteiger partial charge in [0.15, 0.2) is 0 Å². The van der Waals surface area contributed by atoms with E-state index in [1.54, 1.807) is 42.5 Å². The summed E-state index contributed by atoms with van der Waals surface area (Å²) < 4.78 is 26.9. The summed E-state index contributed by atoms with van der Waals surface area (Å²) in [6, 6.07) is 32.7. The van der Waals surface area contributed by atoms with E-state index in [0.29, 0.717) is 11.1 Å². The lowest BCUT2D eigenvalue weighted by Gasteiger charge is -2.15. The molecule has 4 heteroatoms. The van der Waals surface area contributed by atoms with Crippen LogP contribution in [0.2, 0.25) is 0 Å². The van der Waals surface area contributed by atoms with E-state index in [9.17, 15) is 13.7 Å². The molecule has 0 aliphatic rings. The van der Waals surface area contributed by atoms with Crippen LogP contribution in [0.15, 0.2) is 113 Å². The topological polar surface area (TPSA) is 57.9 Å². The molecule has 0 bridgehead atoms. The molecule has 0 saturated heterocycles. The minimum Gasteiger partial charge on any atom is -0.218 e. The number of rotatable bonds is 4. The average Bonchev–Trinajstić information content (AvgIpc) is 2.80. The third kappa shape index (κ3) is 3.56. The van der Waals surface area contributed by atoms with Crippen molar-refractivity contribution in [2.75, 3.05) is 0 Å². The highest BCUT2D eigenvalue weighted by molar-refractivity contribution is 7.91. The lowest BCUT2D eigenvalue weighted by Crippen LogP contribution is -2.05. The van der Waals surface area contributed by atoms with E-state index in [4.69, 9.17) is 0 Å². The Morgan fingerprint density at radius 2 is 1.21 bits per heavy atom. The molecule has 4 aromatic carbocycles. The van der Waals surface area contributed by atoms with Crippen molar-refractivity contribution in [2.24, 2.45) is 0 Å². The highest BCUT2D eigenvalue weighted by Gasteiger charge is 2.23. The van der Waals surface area contributed by atoms with Crippen LogP contribution in [0.25, 0.3) is 22.3 Å². The second-order valence-corrected chi connectivity index (χ2v) is 8.47. The van der Waals surface area contributed by atoms with Crippen LogP contribution in [-0.2, 0) is 9.84 Å². The van der Waals surface area contributed by atoms with Gasteiger partial charge in [0.1, 0.15) is 0 Å². The van der Waals surface area contributed by atoms with E-state index in [2.05, 4.69) is 6.07 Å². The first-order valence-corrected chi connectivity index (χ1v) is 10.6. The highest BCUT2D eigenvalue weighted by Crippen LogP contribution is 2.37. The van der Waals surface area contributed by atoms with Gasteiger partial charge >= 0.3 is 0 Å². The van der Waals surface area contributed by atoms with Crippen LogP contribution in [0.3, 0.4) is 0 Å². The summed E-state index contributed by atoms with van der Waals surface area (Å²) in [5, 5.41) is 9.35. The maximum atomic E-state index is 13.4. The number of hydrogen-bond acceptors (Lipinski definition) is 3. The summed E-state index contributed by atoms with van der Waals surface area (Å²) >= 11 is 0. The van der Waals surface area contributed by atoms with Crippen LogP contribution >= 0.6 is 0 Å². The molecule has 3 nitrogen and oxygen atoms in total. The second kappa shape index (κ2) is 7.75. The van der Waals surface area contributed by atoms with Crippen LogP contribution in [-0.4, -0.2) is 8.42 Å². The minimum atomic E-state index is -3.80. The monoisotopic (exact) mass is 395 g/mol. The Balaban J connectivity index is 2.00. The molecule has 0 saturated carbocycles. The van der Waals surface area contributed by atoms with Gasteiger partial charge in [-0.25, -0.2) is 8.42 Å². The highest BCUT2D eigenvalue weighted by atomic mass is 32.2. The summed E-state index contributed by atoms with van der Waals surface area (Å²) in [7, 11) is -3.80. The standard InChI is InChI=1S/C25H17NO2S/c26-18-19-15-16-24(25(17-19)29(27,28)21-11-5-2-6-12-21)23-14-8-7-13-22(23)20-9-3-1-4-10-20/h1-17H. The van der Waals surface area contributed by atoms with Gasteiger partial charge in [0.05, 0.1) is 21.4 Å². The predicted octanol–water partition coefficient (Wildman–Crippen LogP) is 5.73. The molecule has 0 fully saturated rings. The molecule has 29 heavy (non-hydrogen) atoms. The zero-order valence-corrected chi connectivity index (χ0v) is 16.3. The summed E-state index contributed by atoms with van der Waals surface area (Å²) in [5.74, 6) is 0. The van der Waals surface area contributed by atoms with Crippen molar-refractivity contribution in [3.05, 3.63) is 109 Å². The van der Waals surface area contributed by atoms with Gasteiger partial charge in [-0.1, -0.05) is 78.9 Å². The molecule has 0 spiro atoms. The van der Waals surface area contributed by atoms with E-state index in [1.165, 1.54) is 6.07 Å². The predicted molar refractivity (Wildman–Crippen MR) is 114 cm³/mol. The zero-order chi connectivity index (χ0) is 20.3.